The second kappa shape index (κ2) is 10.1. The lowest BCUT2D eigenvalue weighted by Gasteiger charge is -2.34. The Labute approximate surface area is 230 Å². The van der Waals surface area contributed by atoms with Gasteiger partial charge in [0.25, 0.3) is 15.9 Å². The van der Waals surface area contributed by atoms with E-state index in [-0.39, 0.29) is 39.6 Å². The lowest BCUT2D eigenvalue weighted by atomic mass is 9.94. The minimum absolute atomic E-state index is 0.0285. The molecule has 4 heterocycles. The number of ether oxygens (including phenoxy) is 1. The minimum Gasteiger partial charge on any atom is -0.476 e. The average Bonchev–Trinajstić information content (AvgIpc) is 3.54. The third kappa shape index (κ3) is 5.78. The number of halogens is 3. The molecule has 0 bridgehead atoms. The van der Waals surface area contributed by atoms with Crippen LogP contribution in [-0.4, -0.2) is 64.2 Å². The van der Waals surface area contributed by atoms with Crippen LogP contribution in [0, 0.1) is 18.3 Å². The summed E-state index contributed by atoms with van der Waals surface area (Å²) in [6.45, 7) is 9.57. The van der Waals surface area contributed by atoms with E-state index in [1.54, 1.807) is 0 Å². The maximum atomic E-state index is 13.3. The van der Waals surface area contributed by atoms with Crippen molar-refractivity contribution >= 4 is 21.7 Å². The number of aromatic nitrogens is 5. The van der Waals surface area contributed by atoms with Crippen LogP contribution in [0.2, 0.25) is 0 Å². The van der Waals surface area contributed by atoms with Gasteiger partial charge in [0.2, 0.25) is 5.88 Å². The number of alkyl halides is 3. The van der Waals surface area contributed by atoms with Crippen molar-refractivity contribution in [3.8, 4) is 11.7 Å². The monoisotopic (exact) mass is 583 g/mol. The van der Waals surface area contributed by atoms with Gasteiger partial charge in [-0.05, 0) is 59.1 Å². The van der Waals surface area contributed by atoms with E-state index in [1.807, 2.05) is 18.7 Å². The number of aryl methyl sites for hydroxylation is 1. The van der Waals surface area contributed by atoms with Gasteiger partial charge in [0, 0.05) is 30.5 Å². The molecule has 1 aliphatic rings. The fraction of sp³-hybridized carbons (Fsp3) is 0.520. The summed E-state index contributed by atoms with van der Waals surface area (Å²) < 4.78 is 74.1. The maximum Gasteiger partial charge on any atom is 0.397 e. The number of nitrogens with one attached hydrogen (secondary N) is 2. The van der Waals surface area contributed by atoms with Gasteiger partial charge >= 0.3 is 6.18 Å². The number of aromatic amines is 1. The van der Waals surface area contributed by atoms with Gasteiger partial charge in [-0.3, -0.25) is 9.89 Å². The molecule has 1 amide bonds. The average molecular weight is 584 g/mol. The first-order chi connectivity index (χ1) is 18.4. The second-order valence-electron chi connectivity index (χ2n) is 11.3. The van der Waals surface area contributed by atoms with E-state index in [1.165, 1.54) is 42.2 Å². The lowest BCUT2D eigenvalue weighted by molar-refractivity contribution is -0.219. The quantitative estimate of drug-likeness (QED) is 0.406. The fourth-order valence-corrected chi connectivity index (χ4v) is 5.71. The molecule has 0 radical (unpaired) electrons. The molecule has 3 aromatic heterocycles. The number of carbonyl (C=O) groups is 1. The standard InChI is InChI=1S/C25H32F3N7O4S/c1-15-11-24(5,6)34(13-15)21-17(22(36)33-40(37,38)18-12-29-31-16(18)2)7-8-19(30-21)35-10-9-20(32-35)39-14-23(3,4)25(26,27)28/h7-10,12,15H,11,13-14H2,1-6H3,(H,29,31)(H,33,36). The van der Waals surface area contributed by atoms with Gasteiger partial charge in [-0.2, -0.15) is 18.3 Å². The van der Waals surface area contributed by atoms with E-state index in [0.717, 1.165) is 20.3 Å². The number of H-pyrrole nitrogens is 1. The van der Waals surface area contributed by atoms with Crippen molar-refractivity contribution < 1.29 is 31.1 Å². The Morgan fingerprint density at radius 2 is 1.95 bits per heavy atom. The van der Waals surface area contributed by atoms with Gasteiger partial charge in [-0.25, -0.2) is 22.8 Å². The lowest BCUT2D eigenvalue weighted by Crippen LogP contribution is -2.41. The van der Waals surface area contributed by atoms with Crippen molar-refractivity contribution in [1.29, 1.82) is 0 Å². The van der Waals surface area contributed by atoms with Gasteiger partial charge < -0.3 is 9.64 Å². The van der Waals surface area contributed by atoms with E-state index in [2.05, 4.69) is 31.9 Å². The smallest absolute Gasteiger partial charge is 0.397 e. The summed E-state index contributed by atoms with van der Waals surface area (Å²) in [5, 5.41) is 10.5. The van der Waals surface area contributed by atoms with Crippen molar-refractivity contribution in [2.45, 2.75) is 64.6 Å². The Balaban J connectivity index is 1.67. The van der Waals surface area contributed by atoms with Crippen LogP contribution >= 0.6 is 0 Å². The van der Waals surface area contributed by atoms with Crippen LogP contribution in [-0.2, 0) is 10.0 Å². The Morgan fingerprint density at radius 1 is 1.25 bits per heavy atom. The van der Waals surface area contributed by atoms with Gasteiger partial charge in [-0.15, -0.1) is 5.10 Å². The maximum absolute atomic E-state index is 13.3. The molecule has 0 spiro atoms. The fourth-order valence-electron chi connectivity index (χ4n) is 4.61. The Bertz CT molecular complexity index is 1510. The van der Waals surface area contributed by atoms with Crippen LogP contribution in [0.25, 0.3) is 5.82 Å². The largest absolute Gasteiger partial charge is 0.476 e. The van der Waals surface area contributed by atoms with E-state index in [9.17, 15) is 26.4 Å². The molecule has 2 N–H and O–H groups in total. The van der Waals surface area contributed by atoms with Crippen molar-refractivity contribution in [2.75, 3.05) is 18.1 Å². The predicted molar refractivity (Wildman–Crippen MR) is 140 cm³/mol. The molecule has 1 fully saturated rings. The van der Waals surface area contributed by atoms with Crippen molar-refractivity contribution in [1.82, 2.24) is 29.7 Å². The zero-order chi connectivity index (χ0) is 29.7. The summed E-state index contributed by atoms with van der Waals surface area (Å²) in [5.41, 5.74) is -2.24. The number of amides is 1. The molecule has 11 nitrogen and oxygen atoms in total. The highest BCUT2D eigenvalue weighted by Crippen LogP contribution is 2.39. The van der Waals surface area contributed by atoms with Crippen LogP contribution in [0.5, 0.6) is 5.88 Å². The van der Waals surface area contributed by atoms with Gasteiger partial charge in [0.15, 0.2) is 5.82 Å². The Hall–Kier alpha value is -3.62. The normalized spacial score (nSPS) is 17.7. The summed E-state index contributed by atoms with van der Waals surface area (Å²) >= 11 is 0. The number of nitrogens with zero attached hydrogens (tertiary/aromatic N) is 5. The Morgan fingerprint density at radius 3 is 2.52 bits per heavy atom. The molecule has 3 aromatic rings. The molecule has 4 rings (SSSR count). The van der Waals surface area contributed by atoms with Crippen LogP contribution in [0.4, 0.5) is 19.0 Å². The van der Waals surface area contributed by atoms with Crippen molar-refractivity contribution in [3.63, 3.8) is 0 Å². The zero-order valence-electron chi connectivity index (χ0n) is 23.0. The predicted octanol–water partition coefficient (Wildman–Crippen LogP) is 4.01. The number of sulfonamides is 1. The van der Waals surface area contributed by atoms with E-state index < -0.39 is 39.7 Å². The van der Waals surface area contributed by atoms with Crippen molar-refractivity contribution in [3.05, 3.63) is 41.9 Å². The number of rotatable bonds is 8. The highest BCUT2D eigenvalue weighted by Gasteiger charge is 2.48. The first kappa shape index (κ1) is 29.4. The molecular weight excluding hydrogens is 551 g/mol. The molecule has 15 heteroatoms. The van der Waals surface area contributed by atoms with Gasteiger partial charge in [0.1, 0.15) is 17.3 Å². The van der Waals surface area contributed by atoms with Crippen LogP contribution < -0.4 is 14.4 Å². The molecule has 0 saturated carbocycles. The third-order valence-corrected chi connectivity index (χ3v) is 8.33. The Kier molecular flexibility index (Phi) is 7.41. The minimum atomic E-state index is -4.45. The van der Waals surface area contributed by atoms with Gasteiger partial charge in [-0.1, -0.05) is 6.92 Å². The molecule has 0 aliphatic carbocycles. The molecule has 1 saturated heterocycles. The third-order valence-electron chi connectivity index (χ3n) is 6.88. The van der Waals surface area contributed by atoms with Crippen LogP contribution in [0.1, 0.15) is 57.1 Å². The molecule has 40 heavy (non-hydrogen) atoms. The molecular formula is C25H32F3N7O4S. The zero-order valence-corrected chi connectivity index (χ0v) is 23.8. The highest BCUT2D eigenvalue weighted by molar-refractivity contribution is 7.90. The number of hydrogen-bond acceptors (Lipinski definition) is 8. The van der Waals surface area contributed by atoms with Crippen LogP contribution in [0.3, 0.4) is 0 Å². The topological polar surface area (TPSA) is 135 Å². The number of hydrogen-bond donors (Lipinski definition) is 2. The summed E-state index contributed by atoms with van der Waals surface area (Å²) in [6, 6.07) is 4.33. The van der Waals surface area contributed by atoms with E-state index >= 15 is 0 Å². The summed E-state index contributed by atoms with van der Waals surface area (Å²) in [6.07, 6.45) is -0.982. The molecule has 0 aromatic carbocycles. The first-order valence-electron chi connectivity index (χ1n) is 12.5. The second-order valence-corrected chi connectivity index (χ2v) is 13.0. The summed E-state index contributed by atoms with van der Waals surface area (Å²) in [4.78, 5) is 19.8. The molecule has 218 valence electrons. The van der Waals surface area contributed by atoms with E-state index in [0.29, 0.717) is 6.54 Å². The number of anilines is 1. The van der Waals surface area contributed by atoms with Gasteiger partial charge in [0.05, 0.1) is 16.7 Å². The van der Waals surface area contributed by atoms with Crippen molar-refractivity contribution in [2.24, 2.45) is 11.3 Å². The SMILES string of the molecule is Cc1n[nH]cc1S(=O)(=O)NC(=O)c1ccc(-n2ccc(OCC(C)(C)C(F)(F)F)n2)nc1N1CC(C)CC1(C)C. The molecule has 1 aliphatic heterocycles. The first-order valence-corrected chi connectivity index (χ1v) is 14.0. The van der Waals surface area contributed by atoms with Crippen LogP contribution in [0.15, 0.2) is 35.5 Å². The highest BCUT2D eigenvalue weighted by atomic mass is 32.2. The summed E-state index contributed by atoms with van der Waals surface area (Å²) in [5.74, 6) is -0.113. The summed E-state index contributed by atoms with van der Waals surface area (Å²) in [7, 11) is -4.22. The molecule has 1 unspecified atom stereocenters. The number of carbonyl (C=O) groups excluding carboxylic acids is 1. The molecule has 1 atom stereocenters. The number of pyridine rings is 1. The van der Waals surface area contributed by atoms with E-state index in [4.69, 9.17) is 4.74 Å².